The third-order valence-electron chi connectivity index (χ3n) is 3.71. The summed E-state index contributed by atoms with van der Waals surface area (Å²) in [4.78, 5) is 15.5. The fourth-order valence-electron chi connectivity index (χ4n) is 2.26. The van der Waals surface area contributed by atoms with Gasteiger partial charge in [0.25, 0.3) is 0 Å². The van der Waals surface area contributed by atoms with Crippen molar-refractivity contribution < 1.29 is 9.90 Å². The molecule has 19 heavy (non-hydrogen) atoms. The first-order chi connectivity index (χ1) is 9.00. The number of benzene rings is 1. The molecule has 0 bridgehead atoms. The van der Waals surface area contributed by atoms with Crippen LogP contribution in [0.3, 0.4) is 0 Å². The van der Waals surface area contributed by atoms with Crippen LogP contribution in [0.25, 0.3) is 0 Å². The quantitative estimate of drug-likeness (QED) is 0.679. The van der Waals surface area contributed by atoms with Crippen LogP contribution in [0.5, 0.6) is 0 Å². The summed E-state index contributed by atoms with van der Waals surface area (Å²) < 4.78 is 0. The van der Waals surface area contributed by atoms with E-state index in [-0.39, 0.29) is 5.78 Å². The Morgan fingerprint density at radius 3 is 2.42 bits per heavy atom. The van der Waals surface area contributed by atoms with Crippen molar-refractivity contribution in [1.82, 2.24) is 4.90 Å². The lowest BCUT2D eigenvalue weighted by Crippen LogP contribution is -2.44. The molecule has 0 spiro atoms. The number of likely N-dealkylation sites (tertiary alicyclic amines) is 1. The fourth-order valence-corrected chi connectivity index (χ4v) is 2.67. The molecule has 0 unspecified atom stereocenters. The summed E-state index contributed by atoms with van der Waals surface area (Å²) in [5.41, 5.74) is 0.217. The van der Waals surface area contributed by atoms with Crippen LogP contribution in [-0.4, -0.2) is 47.3 Å². The lowest BCUT2D eigenvalue weighted by molar-refractivity contribution is -0.00420. The Labute approximate surface area is 119 Å². The van der Waals surface area contributed by atoms with E-state index < -0.39 is 5.60 Å². The highest BCUT2D eigenvalue weighted by Crippen LogP contribution is 2.21. The molecule has 1 heterocycles. The predicted molar refractivity (Wildman–Crippen MR) is 78.9 cm³/mol. The third-order valence-corrected chi connectivity index (χ3v) is 4.46. The number of hydrogen-bond donors (Lipinski definition) is 1. The molecule has 3 nitrogen and oxygen atoms in total. The van der Waals surface area contributed by atoms with E-state index in [1.54, 1.807) is 11.8 Å². The van der Waals surface area contributed by atoms with Gasteiger partial charge in [0.1, 0.15) is 0 Å². The van der Waals surface area contributed by atoms with Crippen molar-refractivity contribution in [2.45, 2.75) is 30.3 Å². The van der Waals surface area contributed by atoms with Crippen molar-refractivity contribution in [3.05, 3.63) is 29.8 Å². The first-order valence-corrected chi connectivity index (χ1v) is 7.85. The van der Waals surface area contributed by atoms with Gasteiger partial charge in [-0.2, -0.15) is 0 Å². The Balaban J connectivity index is 1.90. The lowest BCUT2D eigenvalue weighted by Gasteiger charge is -2.35. The van der Waals surface area contributed by atoms with E-state index in [1.165, 1.54) is 4.90 Å². The van der Waals surface area contributed by atoms with Gasteiger partial charge in [-0.1, -0.05) is 12.1 Å². The minimum Gasteiger partial charge on any atom is -0.390 e. The van der Waals surface area contributed by atoms with Gasteiger partial charge in [-0.3, -0.25) is 9.69 Å². The summed E-state index contributed by atoms with van der Waals surface area (Å²) in [5.74, 6) is 0.161. The zero-order valence-corrected chi connectivity index (χ0v) is 12.4. The number of piperidine rings is 1. The lowest BCUT2D eigenvalue weighted by atomic mass is 9.93. The Bertz CT molecular complexity index is 432. The van der Waals surface area contributed by atoms with Gasteiger partial charge in [0, 0.05) is 23.5 Å². The van der Waals surface area contributed by atoms with Crippen molar-refractivity contribution in [2.24, 2.45) is 0 Å². The molecule has 1 aliphatic heterocycles. The summed E-state index contributed by atoms with van der Waals surface area (Å²) in [6.07, 6.45) is 3.51. The normalized spacial score (nSPS) is 19.3. The maximum absolute atomic E-state index is 12.2. The van der Waals surface area contributed by atoms with E-state index in [4.69, 9.17) is 0 Å². The van der Waals surface area contributed by atoms with Gasteiger partial charge >= 0.3 is 0 Å². The Morgan fingerprint density at radius 1 is 1.32 bits per heavy atom. The second-order valence-electron chi connectivity index (χ2n) is 5.42. The van der Waals surface area contributed by atoms with Crippen LogP contribution in [-0.2, 0) is 0 Å². The Morgan fingerprint density at radius 2 is 1.89 bits per heavy atom. The standard InChI is InChI=1S/C15H21NO2S/c1-15(18)7-9-16(10-8-15)11-14(17)12-3-5-13(19-2)6-4-12/h3-6,18H,7-11H2,1-2H3. The van der Waals surface area contributed by atoms with E-state index in [2.05, 4.69) is 4.90 Å². The molecule has 104 valence electrons. The molecule has 1 aliphatic rings. The van der Waals surface area contributed by atoms with Crippen molar-refractivity contribution >= 4 is 17.5 Å². The molecule has 1 aromatic rings. The highest BCUT2D eigenvalue weighted by molar-refractivity contribution is 7.98. The minimum atomic E-state index is -0.556. The maximum atomic E-state index is 12.2. The van der Waals surface area contributed by atoms with E-state index in [0.717, 1.165) is 31.5 Å². The molecule has 0 amide bonds. The summed E-state index contributed by atoms with van der Waals surface area (Å²) in [6.45, 7) is 3.91. The maximum Gasteiger partial charge on any atom is 0.176 e. The molecular formula is C15H21NO2S. The fraction of sp³-hybridized carbons (Fsp3) is 0.533. The van der Waals surface area contributed by atoms with Crippen molar-refractivity contribution in [3.8, 4) is 0 Å². The zero-order valence-electron chi connectivity index (χ0n) is 11.6. The van der Waals surface area contributed by atoms with E-state index in [9.17, 15) is 9.90 Å². The second kappa shape index (κ2) is 6.07. The Hall–Kier alpha value is -0.840. The first kappa shape index (κ1) is 14.6. The molecule has 2 rings (SSSR count). The van der Waals surface area contributed by atoms with Gasteiger partial charge in [-0.25, -0.2) is 0 Å². The summed E-state index contributed by atoms with van der Waals surface area (Å²) >= 11 is 1.68. The summed E-state index contributed by atoms with van der Waals surface area (Å²) in [5, 5.41) is 9.89. The monoisotopic (exact) mass is 279 g/mol. The van der Waals surface area contributed by atoms with Gasteiger partial charge in [-0.05, 0) is 38.2 Å². The van der Waals surface area contributed by atoms with Gasteiger partial charge < -0.3 is 5.11 Å². The number of rotatable bonds is 4. The van der Waals surface area contributed by atoms with Crippen molar-refractivity contribution in [2.75, 3.05) is 25.9 Å². The van der Waals surface area contributed by atoms with Crippen LogP contribution in [0.2, 0.25) is 0 Å². The average molecular weight is 279 g/mol. The van der Waals surface area contributed by atoms with E-state index in [0.29, 0.717) is 6.54 Å². The van der Waals surface area contributed by atoms with Crippen LogP contribution < -0.4 is 0 Å². The second-order valence-corrected chi connectivity index (χ2v) is 6.30. The molecule has 4 heteroatoms. The van der Waals surface area contributed by atoms with Crippen LogP contribution in [0.1, 0.15) is 30.1 Å². The molecule has 0 saturated carbocycles. The predicted octanol–water partition coefficient (Wildman–Crippen LogP) is 2.44. The summed E-state index contributed by atoms with van der Waals surface area (Å²) in [6, 6.07) is 7.76. The number of ketones is 1. The number of nitrogens with zero attached hydrogens (tertiary/aromatic N) is 1. The average Bonchev–Trinajstić information content (AvgIpc) is 2.41. The molecule has 0 aromatic heterocycles. The molecular weight excluding hydrogens is 258 g/mol. The molecule has 1 saturated heterocycles. The number of thioether (sulfide) groups is 1. The molecule has 1 N–H and O–H groups in total. The highest BCUT2D eigenvalue weighted by atomic mass is 32.2. The first-order valence-electron chi connectivity index (χ1n) is 6.62. The number of carbonyl (C=O) groups excluding carboxylic acids is 1. The van der Waals surface area contributed by atoms with Crippen LogP contribution >= 0.6 is 11.8 Å². The third kappa shape index (κ3) is 4.06. The molecule has 0 atom stereocenters. The summed E-state index contributed by atoms with van der Waals surface area (Å²) in [7, 11) is 0. The number of carbonyl (C=O) groups is 1. The van der Waals surface area contributed by atoms with Crippen LogP contribution in [0, 0.1) is 0 Å². The smallest absolute Gasteiger partial charge is 0.176 e. The van der Waals surface area contributed by atoms with Crippen LogP contribution in [0.4, 0.5) is 0 Å². The molecule has 0 radical (unpaired) electrons. The molecule has 0 aliphatic carbocycles. The van der Waals surface area contributed by atoms with Gasteiger partial charge in [0.05, 0.1) is 12.1 Å². The van der Waals surface area contributed by atoms with Crippen LogP contribution in [0.15, 0.2) is 29.2 Å². The topological polar surface area (TPSA) is 40.5 Å². The minimum absolute atomic E-state index is 0.161. The van der Waals surface area contributed by atoms with Gasteiger partial charge in [-0.15, -0.1) is 11.8 Å². The zero-order chi connectivity index (χ0) is 13.9. The Kier molecular flexibility index (Phi) is 4.66. The van der Waals surface area contributed by atoms with Gasteiger partial charge in [0.2, 0.25) is 0 Å². The van der Waals surface area contributed by atoms with E-state index >= 15 is 0 Å². The number of hydrogen-bond acceptors (Lipinski definition) is 4. The SMILES string of the molecule is CSc1ccc(C(=O)CN2CCC(C)(O)CC2)cc1. The highest BCUT2D eigenvalue weighted by Gasteiger charge is 2.28. The molecule has 1 aromatic carbocycles. The number of Topliss-reactive ketones (excluding diaryl/α,β-unsaturated/α-hetero) is 1. The van der Waals surface area contributed by atoms with Crippen molar-refractivity contribution in [3.63, 3.8) is 0 Å². The van der Waals surface area contributed by atoms with Gasteiger partial charge in [0.15, 0.2) is 5.78 Å². The van der Waals surface area contributed by atoms with E-state index in [1.807, 2.05) is 37.4 Å². The molecule has 1 fully saturated rings. The number of aliphatic hydroxyl groups is 1. The van der Waals surface area contributed by atoms with Crippen molar-refractivity contribution in [1.29, 1.82) is 0 Å². The largest absolute Gasteiger partial charge is 0.390 e.